The van der Waals surface area contributed by atoms with Crippen molar-refractivity contribution in [3.8, 4) is 0 Å². The second kappa shape index (κ2) is 3.37. The van der Waals surface area contributed by atoms with Crippen molar-refractivity contribution in [3.05, 3.63) is 16.3 Å². The van der Waals surface area contributed by atoms with Gasteiger partial charge in [0, 0.05) is 16.3 Å². The maximum atomic E-state index is 11.3. The zero-order valence-electron chi connectivity index (χ0n) is 6.48. The van der Waals surface area contributed by atoms with Crippen LogP contribution in [0.4, 0.5) is 0 Å². The molecule has 5 heteroatoms. The third kappa shape index (κ3) is 1.56. The van der Waals surface area contributed by atoms with E-state index in [2.05, 4.69) is 0 Å². The Morgan fingerprint density at radius 3 is 2.67 bits per heavy atom. The number of hydrogen-bond acceptors (Lipinski definition) is 4. The fourth-order valence-corrected chi connectivity index (χ4v) is 3.05. The van der Waals surface area contributed by atoms with Gasteiger partial charge in [0.25, 0.3) is 0 Å². The maximum absolute atomic E-state index is 11.3. The summed E-state index contributed by atoms with van der Waals surface area (Å²) >= 11 is 1.22. The third-order valence-electron chi connectivity index (χ3n) is 1.50. The van der Waals surface area contributed by atoms with Crippen LogP contribution in [-0.4, -0.2) is 20.5 Å². The first kappa shape index (κ1) is 9.41. The molecule has 0 radical (unpaired) electrons. The van der Waals surface area contributed by atoms with Crippen LogP contribution in [-0.2, 0) is 9.84 Å². The van der Waals surface area contributed by atoms with Gasteiger partial charge >= 0.3 is 0 Å². The fourth-order valence-electron chi connectivity index (χ4n) is 0.789. The summed E-state index contributed by atoms with van der Waals surface area (Å²) in [4.78, 5) is 10.6. The van der Waals surface area contributed by atoms with Gasteiger partial charge in [-0.05, 0) is 0 Å². The van der Waals surface area contributed by atoms with Gasteiger partial charge in [-0.1, -0.05) is 6.92 Å². The summed E-state index contributed by atoms with van der Waals surface area (Å²) in [5.74, 6) is 0.0323. The number of aldehydes is 1. The molecule has 0 amide bonds. The van der Waals surface area contributed by atoms with E-state index in [1.165, 1.54) is 22.1 Å². The van der Waals surface area contributed by atoms with E-state index in [0.29, 0.717) is 6.29 Å². The zero-order valence-corrected chi connectivity index (χ0v) is 8.11. The van der Waals surface area contributed by atoms with Gasteiger partial charge in [-0.15, -0.1) is 0 Å². The minimum absolute atomic E-state index is 0.0323. The predicted octanol–water partition coefficient (Wildman–Crippen LogP) is 1.35. The number of carbonyl (C=O) groups excluding carboxylic acids is 1. The normalized spacial score (nSPS) is 11.4. The Kier molecular flexibility index (Phi) is 2.64. The molecule has 0 spiro atoms. The van der Waals surface area contributed by atoms with Crippen molar-refractivity contribution in [1.29, 1.82) is 0 Å². The minimum Gasteiger partial charge on any atom is -0.298 e. The SMILES string of the molecule is CCS(=O)(=O)c1cscc1C=O. The van der Waals surface area contributed by atoms with Crippen molar-refractivity contribution in [2.75, 3.05) is 5.75 Å². The molecule has 0 N–H and O–H groups in total. The predicted molar refractivity (Wildman–Crippen MR) is 47.4 cm³/mol. The molecule has 0 aromatic carbocycles. The number of sulfone groups is 1. The Labute approximate surface area is 75.0 Å². The Morgan fingerprint density at radius 1 is 1.50 bits per heavy atom. The van der Waals surface area contributed by atoms with Crippen LogP contribution in [0.3, 0.4) is 0 Å². The molecular formula is C7H8O3S2. The summed E-state index contributed by atoms with van der Waals surface area (Å²) in [6.45, 7) is 1.56. The van der Waals surface area contributed by atoms with Gasteiger partial charge in [-0.2, -0.15) is 11.3 Å². The fraction of sp³-hybridized carbons (Fsp3) is 0.286. The van der Waals surface area contributed by atoms with Crippen molar-refractivity contribution >= 4 is 27.5 Å². The summed E-state index contributed by atoms with van der Waals surface area (Å²) in [6.07, 6.45) is 0.568. The first-order valence-electron chi connectivity index (χ1n) is 3.36. The van der Waals surface area contributed by atoms with E-state index < -0.39 is 9.84 Å². The Morgan fingerprint density at radius 2 is 2.17 bits per heavy atom. The van der Waals surface area contributed by atoms with Crippen LogP contribution in [0, 0.1) is 0 Å². The number of hydrogen-bond donors (Lipinski definition) is 0. The lowest BCUT2D eigenvalue weighted by Gasteiger charge is -1.96. The van der Waals surface area contributed by atoms with Crippen LogP contribution < -0.4 is 0 Å². The van der Waals surface area contributed by atoms with Crippen molar-refractivity contribution < 1.29 is 13.2 Å². The summed E-state index contributed by atoms with van der Waals surface area (Å²) in [6, 6.07) is 0. The molecule has 0 fully saturated rings. The van der Waals surface area contributed by atoms with E-state index in [4.69, 9.17) is 0 Å². The summed E-state index contributed by atoms with van der Waals surface area (Å²) in [5.41, 5.74) is 0.266. The van der Waals surface area contributed by atoms with E-state index in [1.807, 2.05) is 0 Å². The third-order valence-corrected chi connectivity index (χ3v) is 4.19. The molecule has 0 saturated carbocycles. The monoisotopic (exact) mass is 204 g/mol. The molecule has 3 nitrogen and oxygen atoms in total. The molecule has 0 unspecified atom stereocenters. The van der Waals surface area contributed by atoms with Crippen LogP contribution in [0.2, 0.25) is 0 Å². The second-order valence-electron chi connectivity index (χ2n) is 2.21. The average molecular weight is 204 g/mol. The lowest BCUT2D eigenvalue weighted by molar-refractivity contribution is 0.112. The lowest BCUT2D eigenvalue weighted by atomic mass is 10.4. The zero-order chi connectivity index (χ0) is 9.19. The Hall–Kier alpha value is -0.680. The van der Waals surface area contributed by atoms with Crippen LogP contribution in [0.1, 0.15) is 17.3 Å². The molecule has 0 bridgehead atoms. The smallest absolute Gasteiger partial charge is 0.179 e. The van der Waals surface area contributed by atoms with Crippen molar-refractivity contribution in [2.45, 2.75) is 11.8 Å². The van der Waals surface area contributed by atoms with Gasteiger partial charge in [0.15, 0.2) is 16.1 Å². The Bertz CT molecular complexity index is 375. The quantitative estimate of drug-likeness (QED) is 0.698. The first-order chi connectivity index (χ1) is 5.61. The summed E-state index contributed by atoms with van der Waals surface area (Å²) in [7, 11) is -3.22. The van der Waals surface area contributed by atoms with Crippen molar-refractivity contribution in [3.63, 3.8) is 0 Å². The Balaban J connectivity index is 3.28. The topological polar surface area (TPSA) is 51.2 Å². The summed E-state index contributed by atoms with van der Waals surface area (Å²) in [5, 5.41) is 3.03. The van der Waals surface area contributed by atoms with Crippen LogP contribution >= 0.6 is 11.3 Å². The molecule has 1 heterocycles. The van der Waals surface area contributed by atoms with Crippen LogP contribution in [0.25, 0.3) is 0 Å². The molecule has 0 aliphatic carbocycles. The molecule has 1 rings (SSSR count). The molecule has 1 aromatic rings. The van der Waals surface area contributed by atoms with E-state index in [9.17, 15) is 13.2 Å². The van der Waals surface area contributed by atoms with E-state index in [-0.39, 0.29) is 16.2 Å². The molecule has 0 saturated heterocycles. The number of carbonyl (C=O) groups is 1. The maximum Gasteiger partial charge on any atom is 0.179 e. The van der Waals surface area contributed by atoms with Crippen molar-refractivity contribution in [2.24, 2.45) is 0 Å². The van der Waals surface area contributed by atoms with Crippen molar-refractivity contribution in [1.82, 2.24) is 0 Å². The van der Waals surface area contributed by atoms with Gasteiger partial charge in [0.1, 0.15) is 0 Å². The molecule has 12 heavy (non-hydrogen) atoms. The van der Waals surface area contributed by atoms with Crippen LogP contribution in [0.15, 0.2) is 15.7 Å². The summed E-state index contributed by atoms with van der Waals surface area (Å²) < 4.78 is 22.6. The highest BCUT2D eigenvalue weighted by atomic mass is 32.2. The van der Waals surface area contributed by atoms with E-state index in [1.54, 1.807) is 6.92 Å². The molecule has 0 aliphatic rings. The highest BCUT2D eigenvalue weighted by molar-refractivity contribution is 7.91. The standard InChI is InChI=1S/C7H8O3S2/c1-2-12(9,10)7-5-11-4-6(7)3-8/h3-5H,2H2,1H3. The molecule has 1 aromatic heterocycles. The largest absolute Gasteiger partial charge is 0.298 e. The number of rotatable bonds is 3. The van der Waals surface area contributed by atoms with Gasteiger partial charge in [0.2, 0.25) is 0 Å². The van der Waals surface area contributed by atoms with Gasteiger partial charge in [-0.3, -0.25) is 4.79 Å². The molecule has 0 atom stereocenters. The van der Waals surface area contributed by atoms with Gasteiger partial charge in [-0.25, -0.2) is 8.42 Å². The lowest BCUT2D eigenvalue weighted by Crippen LogP contribution is -2.04. The van der Waals surface area contributed by atoms with E-state index in [0.717, 1.165) is 0 Å². The highest BCUT2D eigenvalue weighted by Gasteiger charge is 2.16. The van der Waals surface area contributed by atoms with Crippen LogP contribution in [0.5, 0.6) is 0 Å². The first-order valence-corrected chi connectivity index (χ1v) is 5.95. The second-order valence-corrected chi connectivity index (χ2v) is 5.20. The molecule has 66 valence electrons. The molecule has 0 aliphatic heterocycles. The van der Waals surface area contributed by atoms with Gasteiger partial charge < -0.3 is 0 Å². The van der Waals surface area contributed by atoms with E-state index >= 15 is 0 Å². The highest BCUT2D eigenvalue weighted by Crippen LogP contribution is 2.19. The van der Waals surface area contributed by atoms with Gasteiger partial charge in [0.05, 0.1) is 10.6 Å². The number of thiophene rings is 1. The minimum atomic E-state index is -3.22. The average Bonchev–Trinajstić information content (AvgIpc) is 2.52. The molecular weight excluding hydrogens is 196 g/mol.